The summed E-state index contributed by atoms with van der Waals surface area (Å²) >= 11 is 0. The second-order valence-corrected chi connectivity index (χ2v) is 8.32. The average molecular weight is 372 g/mol. The summed E-state index contributed by atoms with van der Waals surface area (Å²) in [6, 6.07) is 26.9. The van der Waals surface area contributed by atoms with Gasteiger partial charge in [-0.15, -0.1) is 0 Å². The lowest BCUT2D eigenvalue weighted by Gasteiger charge is -2.24. The minimum Gasteiger partial charge on any atom is -0.361 e. The summed E-state index contributed by atoms with van der Waals surface area (Å²) in [6.07, 6.45) is 2.07. The number of nitrogens with one attached hydrogen (secondary N) is 1. The number of aromatic amines is 1. The number of nitrogens with zero attached hydrogens (tertiary/aromatic N) is 1. The lowest BCUT2D eigenvalue weighted by molar-refractivity contribution is 0.419. The highest BCUT2D eigenvalue weighted by Gasteiger charge is 2.36. The Bertz CT molecular complexity index is 1120. The molecule has 0 spiro atoms. The maximum absolute atomic E-state index is 13.4. The zero-order valence-electron chi connectivity index (χ0n) is 14.8. The smallest absolute Gasteiger partial charge is 0.0999 e. The van der Waals surface area contributed by atoms with E-state index < -0.39 is 11.0 Å². The van der Waals surface area contributed by atoms with Gasteiger partial charge in [-0.05, 0) is 22.8 Å². The Morgan fingerprint density at radius 2 is 1.63 bits per heavy atom. The van der Waals surface area contributed by atoms with Crippen molar-refractivity contribution in [2.24, 2.45) is 0 Å². The number of benzene rings is 3. The molecule has 0 aliphatic carbocycles. The molecule has 27 heavy (non-hydrogen) atoms. The third kappa shape index (κ3) is 2.91. The van der Waals surface area contributed by atoms with Gasteiger partial charge in [0.1, 0.15) is 0 Å². The predicted molar refractivity (Wildman–Crippen MR) is 110 cm³/mol. The van der Waals surface area contributed by atoms with E-state index in [2.05, 4.69) is 58.0 Å². The molecular formula is C23H20N2OS. The molecule has 3 nitrogen and oxygen atoms in total. The maximum atomic E-state index is 13.4. The molecule has 0 amide bonds. The normalized spacial score (nSPS) is 17.9. The van der Waals surface area contributed by atoms with Crippen LogP contribution in [0.4, 0.5) is 0 Å². The van der Waals surface area contributed by atoms with Crippen LogP contribution in [0.15, 0.2) is 85.1 Å². The fourth-order valence-electron chi connectivity index (χ4n) is 3.99. The summed E-state index contributed by atoms with van der Waals surface area (Å²) in [4.78, 5) is 3.38. The average Bonchev–Trinajstić information content (AvgIpc) is 3.30. The van der Waals surface area contributed by atoms with Crippen LogP contribution >= 0.6 is 0 Å². The van der Waals surface area contributed by atoms with Crippen molar-refractivity contribution < 1.29 is 4.21 Å². The predicted octanol–water partition coefficient (Wildman–Crippen LogP) is 4.94. The summed E-state index contributed by atoms with van der Waals surface area (Å²) < 4.78 is 15.5. The molecular weight excluding hydrogens is 352 g/mol. The fraction of sp³-hybridized carbons (Fsp3) is 0.130. The second kappa shape index (κ2) is 6.80. The highest BCUT2D eigenvalue weighted by molar-refractivity contribution is 7.81. The number of para-hydroxylation sites is 1. The number of hydrogen-bond acceptors (Lipinski definition) is 1. The van der Waals surface area contributed by atoms with E-state index in [1.54, 1.807) is 0 Å². The van der Waals surface area contributed by atoms with Crippen molar-refractivity contribution in [2.45, 2.75) is 18.3 Å². The van der Waals surface area contributed by atoms with Gasteiger partial charge in [-0.3, -0.25) is 0 Å². The standard InChI is InChI=1S/C23H20N2OS/c26-27(16-17-8-2-1-3-9-17)25-15-18-10-4-5-11-19(18)23(25)21-14-24-22-13-7-6-12-20(21)22/h1-14,23-24H,15-16H2. The van der Waals surface area contributed by atoms with E-state index in [9.17, 15) is 4.21 Å². The Morgan fingerprint density at radius 1 is 0.889 bits per heavy atom. The van der Waals surface area contributed by atoms with Gasteiger partial charge in [0, 0.05) is 29.2 Å². The van der Waals surface area contributed by atoms with Crippen LogP contribution in [0, 0.1) is 0 Å². The molecule has 0 radical (unpaired) electrons. The van der Waals surface area contributed by atoms with Crippen LogP contribution in [0.1, 0.15) is 28.3 Å². The van der Waals surface area contributed by atoms with E-state index in [0.29, 0.717) is 12.3 Å². The first-order chi connectivity index (χ1) is 13.3. The van der Waals surface area contributed by atoms with Crippen molar-refractivity contribution in [1.29, 1.82) is 0 Å². The van der Waals surface area contributed by atoms with Crippen molar-refractivity contribution in [1.82, 2.24) is 9.29 Å². The maximum Gasteiger partial charge on any atom is 0.0999 e. The summed E-state index contributed by atoms with van der Waals surface area (Å²) in [5, 5.41) is 1.20. The number of fused-ring (bicyclic) bond motifs is 2. The van der Waals surface area contributed by atoms with Crippen LogP contribution in [0.5, 0.6) is 0 Å². The van der Waals surface area contributed by atoms with Crippen LogP contribution in [0.2, 0.25) is 0 Å². The molecule has 4 aromatic rings. The van der Waals surface area contributed by atoms with E-state index in [-0.39, 0.29) is 6.04 Å². The van der Waals surface area contributed by atoms with Crippen molar-refractivity contribution in [3.8, 4) is 0 Å². The second-order valence-electron chi connectivity index (χ2n) is 6.92. The van der Waals surface area contributed by atoms with Crippen LogP contribution in [-0.2, 0) is 23.3 Å². The summed E-state index contributed by atoms with van der Waals surface area (Å²) in [6.45, 7) is 0.708. The lowest BCUT2D eigenvalue weighted by atomic mass is 9.98. The lowest BCUT2D eigenvalue weighted by Crippen LogP contribution is -2.26. The fourth-order valence-corrected chi connectivity index (χ4v) is 5.38. The van der Waals surface area contributed by atoms with Gasteiger partial charge in [0.2, 0.25) is 0 Å². The van der Waals surface area contributed by atoms with Gasteiger partial charge >= 0.3 is 0 Å². The molecule has 0 bridgehead atoms. The molecule has 0 saturated carbocycles. The molecule has 3 aromatic carbocycles. The minimum absolute atomic E-state index is 0.00176. The molecule has 134 valence electrons. The van der Waals surface area contributed by atoms with Crippen LogP contribution in [-0.4, -0.2) is 13.5 Å². The monoisotopic (exact) mass is 372 g/mol. The quantitative estimate of drug-likeness (QED) is 0.541. The SMILES string of the molecule is O=S(Cc1ccccc1)N1Cc2ccccc2C1c1c[nH]c2ccccc12. The molecule has 4 heteroatoms. The minimum atomic E-state index is -1.11. The zero-order valence-corrected chi connectivity index (χ0v) is 15.7. The first kappa shape index (κ1) is 16.5. The first-order valence-electron chi connectivity index (χ1n) is 9.14. The highest BCUT2D eigenvalue weighted by Crippen LogP contribution is 2.42. The topological polar surface area (TPSA) is 36.1 Å². The van der Waals surface area contributed by atoms with Gasteiger partial charge < -0.3 is 4.98 Å². The highest BCUT2D eigenvalue weighted by atomic mass is 32.2. The third-order valence-corrected chi connectivity index (χ3v) is 6.72. The number of rotatable bonds is 4. The van der Waals surface area contributed by atoms with Gasteiger partial charge in [-0.2, -0.15) is 0 Å². The number of aromatic nitrogens is 1. The third-order valence-electron chi connectivity index (χ3n) is 5.27. The van der Waals surface area contributed by atoms with Crippen molar-refractivity contribution >= 4 is 21.9 Å². The van der Waals surface area contributed by atoms with Gasteiger partial charge in [0.05, 0.1) is 22.8 Å². The molecule has 5 rings (SSSR count). The summed E-state index contributed by atoms with van der Waals surface area (Å²) in [5.41, 5.74) is 5.92. The van der Waals surface area contributed by atoms with Crippen molar-refractivity contribution in [2.75, 3.05) is 0 Å². The zero-order chi connectivity index (χ0) is 18.2. The van der Waals surface area contributed by atoms with Gasteiger partial charge in [-0.25, -0.2) is 8.51 Å². The Hall–Kier alpha value is -2.69. The summed E-state index contributed by atoms with van der Waals surface area (Å²) in [7, 11) is -1.11. The van der Waals surface area contributed by atoms with E-state index in [4.69, 9.17) is 0 Å². The molecule has 1 aliphatic rings. The van der Waals surface area contributed by atoms with Crippen molar-refractivity contribution in [3.63, 3.8) is 0 Å². The van der Waals surface area contributed by atoms with Crippen LogP contribution in [0.3, 0.4) is 0 Å². The number of hydrogen-bond donors (Lipinski definition) is 1. The number of H-pyrrole nitrogens is 1. The van der Waals surface area contributed by atoms with E-state index in [1.165, 1.54) is 22.1 Å². The van der Waals surface area contributed by atoms with E-state index >= 15 is 0 Å². The Labute approximate surface area is 161 Å². The molecule has 0 saturated heterocycles. The largest absolute Gasteiger partial charge is 0.361 e. The van der Waals surface area contributed by atoms with Crippen molar-refractivity contribution in [3.05, 3.63) is 107 Å². The van der Waals surface area contributed by atoms with Gasteiger partial charge in [0.15, 0.2) is 0 Å². The molecule has 2 heterocycles. The molecule has 0 fully saturated rings. The Morgan fingerprint density at radius 3 is 2.52 bits per heavy atom. The first-order valence-corrected chi connectivity index (χ1v) is 10.4. The van der Waals surface area contributed by atoms with E-state index in [0.717, 1.165) is 11.1 Å². The summed E-state index contributed by atoms with van der Waals surface area (Å²) in [5.74, 6) is 0.535. The van der Waals surface area contributed by atoms with Gasteiger partial charge in [-0.1, -0.05) is 72.8 Å². The Kier molecular flexibility index (Phi) is 4.15. The molecule has 1 aromatic heterocycles. The molecule has 2 atom stereocenters. The molecule has 1 N–H and O–H groups in total. The van der Waals surface area contributed by atoms with E-state index in [1.807, 2.05) is 36.4 Å². The molecule has 1 aliphatic heterocycles. The van der Waals surface area contributed by atoms with Crippen LogP contribution < -0.4 is 0 Å². The van der Waals surface area contributed by atoms with Crippen LogP contribution in [0.25, 0.3) is 10.9 Å². The Balaban J connectivity index is 1.57. The van der Waals surface area contributed by atoms with Gasteiger partial charge in [0.25, 0.3) is 0 Å². The molecule has 2 unspecified atom stereocenters.